The molecule has 0 saturated carbocycles. The van der Waals surface area contributed by atoms with Gasteiger partial charge in [0.25, 0.3) is 0 Å². The Balaban J connectivity index is 1.74. The molecule has 8 heteroatoms. The number of halogens is 1. The number of esters is 1. The molecule has 0 amide bonds. The van der Waals surface area contributed by atoms with Gasteiger partial charge in [-0.2, -0.15) is 9.97 Å². The molecule has 2 aromatic rings. The Morgan fingerprint density at radius 3 is 3.09 bits per heavy atom. The minimum Gasteiger partial charge on any atom is -0.466 e. The molecule has 2 heterocycles. The number of aromatic nitrogens is 4. The second-order valence-electron chi connectivity index (χ2n) is 5.27. The highest BCUT2D eigenvalue weighted by Crippen LogP contribution is 2.32. The van der Waals surface area contributed by atoms with Crippen LogP contribution in [0.1, 0.15) is 25.8 Å². The lowest BCUT2D eigenvalue weighted by molar-refractivity contribution is -0.141. The number of hydrogen-bond donors (Lipinski definition) is 1. The quantitative estimate of drug-likeness (QED) is 0.526. The summed E-state index contributed by atoms with van der Waals surface area (Å²) in [6.45, 7) is 1.85. The normalized spacial score (nSPS) is 20.6. The first-order chi connectivity index (χ1) is 10.5. The van der Waals surface area contributed by atoms with Crippen LogP contribution < -0.4 is 5.73 Å². The number of imidazole rings is 1. The molecule has 0 unspecified atom stereocenters. The highest BCUT2D eigenvalue weighted by atomic mass is 35.5. The lowest BCUT2D eigenvalue weighted by Crippen LogP contribution is -2.09. The van der Waals surface area contributed by atoms with E-state index in [2.05, 4.69) is 27.1 Å². The van der Waals surface area contributed by atoms with Crippen LogP contribution in [0.3, 0.4) is 0 Å². The van der Waals surface area contributed by atoms with Crippen LogP contribution in [0.25, 0.3) is 11.2 Å². The lowest BCUT2D eigenvalue weighted by atomic mass is 10.0. The van der Waals surface area contributed by atoms with Crippen LogP contribution in [0.5, 0.6) is 0 Å². The van der Waals surface area contributed by atoms with E-state index in [1.54, 1.807) is 6.33 Å². The second-order valence-corrected chi connectivity index (χ2v) is 5.63. The minimum atomic E-state index is -0.249. The molecule has 0 aliphatic heterocycles. The van der Waals surface area contributed by atoms with Crippen LogP contribution in [-0.2, 0) is 9.53 Å². The van der Waals surface area contributed by atoms with Crippen LogP contribution >= 0.6 is 11.6 Å². The molecular weight excluding hydrogens is 306 g/mol. The van der Waals surface area contributed by atoms with E-state index >= 15 is 0 Å². The molecule has 2 atom stereocenters. The molecule has 7 nitrogen and oxygen atoms in total. The van der Waals surface area contributed by atoms with Gasteiger partial charge in [-0.1, -0.05) is 23.8 Å². The van der Waals surface area contributed by atoms with E-state index in [-0.39, 0.29) is 23.1 Å². The summed E-state index contributed by atoms with van der Waals surface area (Å²) in [5, 5.41) is 0.259. The standard InChI is InChI=1S/C14H16ClN5O2/c1-8(21)22-5-4-9-2-3-10(6-9)20-7-17-11-12(15)18-14(16)19-13(11)20/h2-3,7,9-10H,4-6H2,1H3,(H2,16,18,19)/t9-,10-/m0/s1. The number of nitrogen functional groups attached to an aromatic ring is 1. The van der Waals surface area contributed by atoms with Gasteiger partial charge in [-0.3, -0.25) is 4.79 Å². The topological polar surface area (TPSA) is 95.9 Å². The Morgan fingerprint density at radius 2 is 2.32 bits per heavy atom. The number of allylic oxidation sites excluding steroid dienone is 2. The largest absolute Gasteiger partial charge is 0.466 e. The number of anilines is 1. The average molecular weight is 322 g/mol. The molecule has 0 aromatic carbocycles. The Kier molecular flexibility index (Phi) is 3.98. The zero-order valence-electron chi connectivity index (χ0n) is 12.1. The monoisotopic (exact) mass is 321 g/mol. The molecule has 0 spiro atoms. The van der Waals surface area contributed by atoms with Crippen molar-refractivity contribution in [2.24, 2.45) is 5.92 Å². The SMILES string of the molecule is CC(=O)OCC[C@@H]1C=C[C@H](n2cnc3c(Cl)nc(N)nc32)C1. The predicted octanol–water partition coefficient (Wildman–Crippen LogP) is 2.13. The smallest absolute Gasteiger partial charge is 0.302 e. The van der Waals surface area contributed by atoms with Gasteiger partial charge in [-0.05, 0) is 18.8 Å². The van der Waals surface area contributed by atoms with Crippen molar-refractivity contribution in [3.8, 4) is 0 Å². The third-order valence-electron chi connectivity index (χ3n) is 3.70. The molecule has 0 radical (unpaired) electrons. The Labute approximate surface area is 132 Å². The van der Waals surface area contributed by atoms with Crippen LogP contribution in [0, 0.1) is 5.92 Å². The number of ether oxygens (including phenoxy) is 1. The Morgan fingerprint density at radius 1 is 1.50 bits per heavy atom. The number of carbonyl (C=O) groups is 1. The van der Waals surface area contributed by atoms with Gasteiger partial charge in [0.1, 0.15) is 5.52 Å². The molecule has 1 aliphatic carbocycles. The number of hydrogen-bond acceptors (Lipinski definition) is 6. The van der Waals surface area contributed by atoms with Gasteiger partial charge in [0, 0.05) is 6.92 Å². The average Bonchev–Trinajstić information content (AvgIpc) is 3.04. The zero-order chi connectivity index (χ0) is 15.7. The summed E-state index contributed by atoms with van der Waals surface area (Å²) in [6.07, 6.45) is 7.64. The summed E-state index contributed by atoms with van der Waals surface area (Å²) in [6, 6.07) is 0.137. The van der Waals surface area contributed by atoms with E-state index in [4.69, 9.17) is 22.1 Å². The number of nitrogens with zero attached hydrogens (tertiary/aromatic N) is 4. The highest BCUT2D eigenvalue weighted by Gasteiger charge is 2.23. The molecule has 2 aromatic heterocycles. The first-order valence-electron chi connectivity index (χ1n) is 7.02. The van der Waals surface area contributed by atoms with Gasteiger partial charge in [-0.15, -0.1) is 0 Å². The van der Waals surface area contributed by atoms with E-state index in [1.807, 2.05) is 4.57 Å². The maximum Gasteiger partial charge on any atom is 0.302 e. The van der Waals surface area contributed by atoms with Crippen molar-refractivity contribution in [2.45, 2.75) is 25.8 Å². The molecule has 2 N–H and O–H groups in total. The van der Waals surface area contributed by atoms with Crippen LogP contribution in [0.4, 0.5) is 5.95 Å². The fraction of sp³-hybridized carbons (Fsp3) is 0.429. The van der Waals surface area contributed by atoms with Gasteiger partial charge < -0.3 is 15.0 Å². The summed E-state index contributed by atoms with van der Waals surface area (Å²) in [5.74, 6) is 0.241. The first-order valence-corrected chi connectivity index (χ1v) is 7.39. The molecule has 0 saturated heterocycles. The van der Waals surface area contributed by atoms with E-state index in [9.17, 15) is 4.79 Å². The molecule has 22 heavy (non-hydrogen) atoms. The highest BCUT2D eigenvalue weighted by molar-refractivity contribution is 6.33. The van der Waals surface area contributed by atoms with Gasteiger partial charge in [0.15, 0.2) is 10.8 Å². The summed E-state index contributed by atoms with van der Waals surface area (Å²) >= 11 is 6.04. The Bertz CT molecular complexity index is 742. The van der Waals surface area contributed by atoms with E-state index in [0.29, 0.717) is 23.7 Å². The summed E-state index contributed by atoms with van der Waals surface area (Å²) < 4.78 is 6.93. The summed E-state index contributed by atoms with van der Waals surface area (Å²) in [5.41, 5.74) is 6.84. The summed E-state index contributed by atoms with van der Waals surface area (Å²) in [7, 11) is 0. The van der Waals surface area contributed by atoms with Crippen molar-refractivity contribution in [3.05, 3.63) is 23.6 Å². The first kappa shape index (κ1) is 14.8. The Hall–Kier alpha value is -2.15. The minimum absolute atomic E-state index is 0.132. The van der Waals surface area contributed by atoms with Crippen molar-refractivity contribution >= 4 is 34.7 Å². The van der Waals surface area contributed by atoms with Crippen molar-refractivity contribution in [3.63, 3.8) is 0 Å². The van der Waals surface area contributed by atoms with Crippen molar-refractivity contribution in [1.82, 2.24) is 19.5 Å². The van der Waals surface area contributed by atoms with Crippen LogP contribution in [-0.4, -0.2) is 32.1 Å². The third-order valence-corrected chi connectivity index (χ3v) is 3.96. The predicted molar refractivity (Wildman–Crippen MR) is 82.3 cm³/mol. The maximum atomic E-state index is 10.8. The molecule has 0 fully saturated rings. The van der Waals surface area contributed by atoms with Gasteiger partial charge in [-0.25, -0.2) is 4.98 Å². The number of rotatable bonds is 4. The van der Waals surface area contributed by atoms with Crippen molar-refractivity contribution in [2.75, 3.05) is 12.3 Å². The number of fused-ring (bicyclic) bond motifs is 1. The van der Waals surface area contributed by atoms with Gasteiger partial charge >= 0.3 is 5.97 Å². The van der Waals surface area contributed by atoms with Crippen LogP contribution in [0.2, 0.25) is 5.15 Å². The maximum absolute atomic E-state index is 10.8. The molecular formula is C14H16ClN5O2. The fourth-order valence-corrected chi connectivity index (χ4v) is 2.89. The van der Waals surface area contributed by atoms with E-state index in [1.165, 1.54) is 6.92 Å². The van der Waals surface area contributed by atoms with E-state index in [0.717, 1.165) is 12.8 Å². The van der Waals surface area contributed by atoms with Crippen molar-refractivity contribution in [1.29, 1.82) is 0 Å². The molecule has 3 rings (SSSR count). The number of nitrogens with two attached hydrogens (primary N) is 1. The van der Waals surface area contributed by atoms with Crippen molar-refractivity contribution < 1.29 is 9.53 Å². The van der Waals surface area contributed by atoms with Gasteiger partial charge in [0.05, 0.1) is 19.0 Å². The summed E-state index contributed by atoms with van der Waals surface area (Å²) in [4.78, 5) is 23.2. The number of carbonyl (C=O) groups excluding carboxylic acids is 1. The lowest BCUT2D eigenvalue weighted by Gasteiger charge is -2.14. The van der Waals surface area contributed by atoms with Crippen LogP contribution in [0.15, 0.2) is 18.5 Å². The second kappa shape index (κ2) is 5.92. The molecule has 1 aliphatic rings. The molecule has 116 valence electrons. The van der Waals surface area contributed by atoms with E-state index < -0.39 is 0 Å². The zero-order valence-corrected chi connectivity index (χ0v) is 12.8. The fourth-order valence-electron chi connectivity index (χ4n) is 2.67. The van der Waals surface area contributed by atoms with Gasteiger partial charge in [0.2, 0.25) is 5.95 Å². The molecule has 0 bridgehead atoms. The third kappa shape index (κ3) is 2.89.